The van der Waals surface area contributed by atoms with Crippen LogP contribution in [0.25, 0.3) is 0 Å². The molecule has 0 saturated carbocycles. The van der Waals surface area contributed by atoms with Crippen molar-refractivity contribution in [2.24, 2.45) is 0 Å². The highest BCUT2D eigenvalue weighted by atomic mass is 35.5. The van der Waals surface area contributed by atoms with Crippen molar-refractivity contribution in [3.05, 3.63) is 82.1 Å². The standard InChI is InChI=1S/C23H22ClN3O4/c1-3-20(29)25-18-11-9-17(10-12-18)19(28)14-31-23(30)21-15(2)26-27(22(21)24)13-16-7-5-4-6-8-16/h4-12H,3,13-14H2,1-2H3,(H,25,29). The predicted octanol–water partition coefficient (Wildman–Crippen LogP) is 4.28. The molecule has 0 fully saturated rings. The summed E-state index contributed by atoms with van der Waals surface area (Å²) >= 11 is 6.36. The van der Waals surface area contributed by atoms with Gasteiger partial charge in [0.1, 0.15) is 10.7 Å². The summed E-state index contributed by atoms with van der Waals surface area (Å²) in [5.41, 5.74) is 2.51. The van der Waals surface area contributed by atoms with Crippen LogP contribution in [0.15, 0.2) is 54.6 Å². The minimum absolute atomic E-state index is 0.118. The largest absolute Gasteiger partial charge is 0.454 e. The monoisotopic (exact) mass is 439 g/mol. The average Bonchev–Trinajstić information content (AvgIpc) is 3.05. The van der Waals surface area contributed by atoms with Crippen molar-refractivity contribution < 1.29 is 19.1 Å². The Hall–Kier alpha value is -3.45. The van der Waals surface area contributed by atoms with Crippen LogP contribution >= 0.6 is 11.6 Å². The number of rotatable bonds is 8. The number of hydrogen-bond donors (Lipinski definition) is 1. The third kappa shape index (κ3) is 5.58. The maximum atomic E-state index is 12.5. The van der Waals surface area contributed by atoms with Crippen molar-refractivity contribution in [1.82, 2.24) is 9.78 Å². The molecule has 0 saturated heterocycles. The lowest BCUT2D eigenvalue weighted by Gasteiger charge is -2.07. The molecule has 1 heterocycles. The second kappa shape index (κ2) is 10.0. The number of hydrogen-bond acceptors (Lipinski definition) is 5. The van der Waals surface area contributed by atoms with E-state index in [1.807, 2.05) is 30.3 Å². The molecule has 0 unspecified atom stereocenters. The molecule has 0 radical (unpaired) electrons. The Morgan fingerprint density at radius 3 is 2.39 bits per heavy atom. The van der Waals surface area contributed by atoms with Crippen molar-refractivity contribution in [3.8, 4) is 0 Å². The molecule has 0 aliphatic heterocycles. The Morgan fingerprint density at radius 1 is 1.06 bits per heavy atom. The molecule has 3 aromatic rings. The fourth-order valence-corrected chi connectivity index (χ4v) is 3.23. The summed E-state index contributed by atoms with van der Waals surface area (Å²) in [6.07, 6.45) is 0.362. The van der Waals surface area contributed by atoms with Gasteiger partial charge in [0, 0.05) is 17.7 Å². The van der Waals surface area contributed by atoms with Crippen LogP contribution in [-0.4, -0.2) is 34.0 Å². The Labute approximate surface area is 185 Å². The van der Waals surface area contributed by atoms with E-state index in [4.69, 9.17) is 16.3 Å². The number of carbonyl (C=O) groups excluding carboxylic acids is 3. The number of anilines is 1. The zero-order chi connectivity index (χ0) is 22.4. The van der Waals surface area contributed by atoms with E-state index in [2.05, 4.69) is 10.4 Å². The van der Waals surface area contributed by atoms with E-state index in [1.54, 1.807) is 38.1 Å². The zero-order valence-corrected chi connectivity index (χ0v) is 18.0. The molecule has 0 atom stereocenters. The van der Waals surface area contributed by atoms with Gasteiger partial charge in [-0.15, -0.1) is 0 Å². The van der Waals surface area contributed by atoms with Crippen LogP contribution in [0.2, 0.25) is 5.15 Å². The Morgan fingerprint density at radius 2 is 1.74 bits per heavy atom. The maximum Gasteiger partial charge on any atom is 0.343 e. The van der Waals surface area contributed by atoms with Gasteiger partial charge in [-0.2, -0.15) is 5.10 Å². The van der Waals surface area contributed by atoms with Gasteiger partial charge in [-0.1, -0.05) is 48.9 Å². The number of halogens is 1. The molecule has 0 aliphatic rings. The summed E-state index contributed by atoms with van der Waals surface area (Å²) in [6.45, 7) is 3.39. The number of benzene rings is 2. The van der Waals surface area contributed by atoms with Gasteiger partial charge in [-0.25, -0.2) is 9.48 Å². The molecule has 0 spiro atoms. The molecule has 7 nitrogen and oxygen atoms in total. The fraction of sp³-hybridized carbons (Fsp3) is 0.217. The smallest absolute Gasteiger partial charge is 0.343 e. The van der Waals surface area contributed by atoms with Crippen molar-refractivity contribution in [2.75, 3.05) is 11.9 Å². The predicted molar refractivity (Wildman–Crippen MR) is 117 cm³/mol. The van der Waals surface area contributed by atoms with Gasteiger partial charge in [-0.05, 0) is 36.8 Å². The summed E-state index contributed by atoms with van der Waals surface area (Å²) in [6, 6.07) is 16.0. The van der Waals surface area contributed by atoms with Gasteiger partial charge in [0.2, 0.25) is 5.91 Å². The highest BCUT2D eigenvalue weighted by Gasteiger charge is 2.22. The van der Waals surface area contributed by atoms with Gasteiger partial charge in [0.05, 0.1) is 12.2 Å². The van der Waals surface area contributed by atoms with Gasteiger partial charge in [-0.3, -0.25) is 9.59 Å². The van der Waals surface area contributed by atoms with E-state index in [-0.39, 0.29) is 22.4 Å². The number of carbonyl (C=O) groups is 3. The molecule has 8 heteroatoms. The fourth-order valence-electron chi connectivity index (χ4n) is 2.92. The summed E-state index contributed by atoms with van der Waals surface area (Å²) < 4.78 is 6.71. The van der Waals surface area contributed by atoms with Crippen molar-refractivity contribution in [2.45, 2.75) is 26.8 Å². The molecule has 1 aromatic heterocycles. The van der Waals surface area contributed by atoms with Gasteiger partial charge < -0.3 is 10.1 Å². The van der Waals surface area contributed by atoms with Crippen LogP contribution < -0.4 is 5.32 Å². The second-order valence-corrected chi connectivity index (χ2v) is 7.23. The minimum atomic E-state index is -0.706. The van der Waals surface area contributed by atoms with E-state index >= 15 is 0 Å². The molecule has 3 rings (SSSR count). The molecule has 2 aromatic carbocycles. The first-order valence-corrected chi connectivity index (χ1v) is 10.1. The first-order chi connectivity index (χ1) is 14.9. The number of amides is 1. The third-order valence-corrected chi connectivity index (χ3v) is 4.97. The zero-order valence-electron chi connectivity index (χ0n) is 17.2. The Kier molecular flexibility index (Phi) is 7.20. The summed E-state index contributed by atoms with van der Waals surface area (Å²) in [5.74, 6) is -1.19. The van der Waals surface area contributed by atoms with E-state index in [9.17, 15) is 14.4 Å². The van der Waals surface area contributed by atoms with Gasteiger partial charge >= 0.3 is 5.97 Å². The SMILES string of the molecule is CCC(=O)Nc1ccc(C(=O)COC(=O)c2c(C)nn(Cc3ccccc3)c2Cl)cc1. The van der Waals surface area contributed by atoms with Crippen LogP contribution in [-0.2, 0) is 16.1 Å². The quantitative estimate of drug-likeness (QED) is 0.418. The summed E-state index contributed by atoms with van der Waals surface area (Å²) in [4.78, 5) is 36.3. The topological polar surface area (TPSA) is 90.3 Å². The first-order valence-electron chi connectivity index (χ1n) is 9.76. The number of aryl methyl sites for hydroxylation is 1. The number of Topliss-reactive ketones (excluding diaryl/α,β-unsaturated/α-hetero) is 1. The normalized spacial score (nSPS) is 10.5. The Bertz CT molecular complexity index is 1090. The number of esters is 1. The van der Waals surface area contributed by atoms with Crippen molar-refractivity contribution >= 4 is 34.9 Å². The van der Waals surface area contributed by atoms with Crippen LogP contribution in [0, 0.1) is 6.92 Å². The number of aromatic nitrogens is 2. The molecule has 0 bridgehead atoms. The second-order valence-electron chi connectivity index (χ2n) is 6.87. The summed E-state index contributed by atoms with van der Waals surface area (Å²) in [7, 11) is 0. The van der Waals surface area contributed by atoms with Crippen LogP contribution in [0.5, 0.6) is 0 Å². The van der Waals surface area contributed by atoms with Crippen LogP contribution in [0.1, 0.15) is 45.3 Å². The molecule has 0 aliphatic carbocycles. The lowest BCUT2D eigenvalue weighted by molar-refractivity contribution is -0.115. The summed E-state index contributed by atoms with van der Waals surface area (Å²) in [5, 5.41) is 7.18. The van der Waals surface area contributed by atoms with Crippen molar-refractivity contribution in [1.29, 1.82) is 0 Å². The molecule has 1 N–H and O–H groups in total. The number of nitrogens with zero attached hydrogens (tertiary/aromatic N) is 2. The maximum absolute atomic E-state index is 12.5. The molecular formula is C23H22ClN3O4. The minimum Gasteiger partial charge on any atom is -0.454 e. The third-order valence-electron chi connectivity index (χ3n) is 4.59. The highest BCUT2D eigenvalue weighted by Crippen LogP contribution is 2.22. The molecule has 31 heavy (non-hydrogen) atoms. The van der Waals surface area contributed by atoms with Gasteiger partial charge in [0.25, 0.3) is 0 Å². The number of nitrogens with one attached hydrogen (secondary N) is 1. The average molecular weight is 440 g/mol. The van der Waals surface area contributed by atoms with Crippen LogP contribution in [0.4, 0.5) is 5.69 Å². The first kappa shape index (κ1) is 22.2. The molecule has 1 amide bonds. The van der Waals surface area contributed by atoms with Crippen LogP contribution in [0.3, 0.4) is 0 Å². The van der Waals surface area contributed by atoms with E-state index in [0.29, 0.717) is 29.9 Å². The lowest BCUT2D eigenvalue weighted by atomic mass is 10.1. The van der Waals surface area contributed by atoms with Crippen molar-refractivity contribution in [3.63, 3.8) is 0 Å². The van der Waals surface area contributed by atoms with E-state index in [0.717, 1.165) is 5.56 Å². The van der Waals surface area contributed by atoms with Gasteiger partial charge in [0.15, 0.2) is 12.4 Å². The number of ether oxygens (including phenoxy) is 1. The van der Waals surface area contributed by atoms with E-state index < -0.39 is 12.6 Å². The molecular weight excluding hydrogens is 418 g/mol. The molecule has 160 valence electrons. The van der Waals surface area contributed by atoms with E-state index in [1.165, 1.54) is 4.68 Å². The number of ketones is 1. The lowest BCUT2D eigenvalue weighted by Crippen LogP contribution is -2.15. The highest BCUT2D eigenvalue weighted by molar-refractivity contribution is 6.32. The Balaban J connectivity index is 1.63.